The van der Waals surface area contributed by atoms with Crippen molar-refractivity contribution in [3.8, 4) is 0 Å². The van der Waals surface area contributed by atoms with Crippen molar-refractivity contribution >= 4 is 11.8 Å². The number of carbonyl (C=O) groups is 2. The van der Waals surface area contributed by atoms with Crippen molar-refractivity contribution < 1.29 is 16.8 Å². The molecule has 0 aromatic heterocycles. The van der Waals surface area contributed by atoms with E-state index < -0.39 is 0 Å². The molecule has 1 aliphatic carbocycles. The first kappa shape index (κ1) is 22.7. The summed E-state index contributed by atoms with van der Waals surface area (Å²) in [5, 5.41) is 5.57. The molecule has 0 radical (unpaired) electrons. The molecule has 2 aliphatic rings. The number of hydrogen-bond acceptors (Lipinski definition) is 3. The molecule has 1 fully saturated rings. The zero-order valence-electron chi connectivity index (χ0n) is 18.8. The van der Waals surface area contributed by atoms with Crippen LogP contribution in [0.2, 0.25) is 0 Å². The van der Waals surface area contributed by atoms with Crippen LogP contribution in [0.5, 0.6) is 0 Å². The molecule has 5 nitrogen and oxygen atoms in total. The summed E-state index contributed by atoms with van der Waals surface area (Å²) in [5.41, 5.74) is 2.42. The first-order chi connectivity index (χ1) is 14.1. The van der Waals surface area contributed by atoms with E-state index >= 15 is 0 Å². The number of fused-ring (bicyclic) bond motifs is 2. The zero-order valence-corrected chi connectivity index (χ0v) is 18.8. The largest absolute Gasteiger partial charge is 0.348 e. The van der Waals surface area contributed by atoms with Gasteiger partial charge in [0, 0.05) is 9.78 Å². The minimum Gasteiger partial charge on any atom is -0.348 e. The van der Waals surface area contributed by atoms with Crippen LogP contribution < -0.4 is 10.6 Å². The van der Waals surface area contributed by atoms with Crippen LogP contribution in [0.4, 0.5) is 4.39 Å². The van der Waals surface area contributed by atoms with Gasteiger partial charge in [-0.25, -0.2) is 4.39 Å². The van der Waals surface area contributed by atoms with E-state index in [9.17, 15) is 14.0 Å². The SMILES string of the molecule is CC(=O)NCC(=O)N[C@H]1CCC2(CCN(CCC(C)(C)C)CC2)c2cc(F)ccc21.[HH].[HH]. The topological polar surface area (TPSA) is 61.4 Å². The van der Waals surface area contributed by atoms with Gasteiger partial charge in [0.15, 0.2) is 0 Å². The molecule has 6 heteroatoms. The quantitative estimate of drug-likeness (QED) is 0.750. The third kappa shape index (κ3) is 5.60. The smallest absolute Gasteiger partial charge is 0.239 e. The number of nitrogens with zero attached hydrogens (tertiary/aromatic N) is 1. The number of hydrogen-bond donors (Lipinski definition) is 2. The molecule has 0 bridgehead atoms. The van der Waals surface area contributed by atoms with Gasteiger partial charge in [0.25, 0.3) is 0 Å². The van der Waals surface area contributed by atoms with Gasteiger partial charge in [-0.3, -0.25) is 9.59 Å². The second kappa shape index (κ2) is 9.04. The van der Waals surface area contributed by atoms with Crippen molar-refractivity contribution in [2.75, 3.05) is 26.2 Å². The van der Waals surface area contributed by atoms with Crippen LogP contribution in [0.1, 0.15) is 79.8 Å². The summed E-state index contributed by atoms with van der Waals surface area (Å²) < 4.78 is 14.2. The van der Waals surface area contributed by atoms with Gasteiger partial charge >= 0.3 is 0 Å². The number of piperidine rings is 1. The molecule has 1 aromatic rings. The number of halogens is 1. The monoisotopic (exact) mass is 421 g/mol. The Morgan fingerprint density at radius 3 is 2.57 bits per heavy atom. The lowest BCUT2D eigenvalue weighted by molar-refractivity contribution is -0.125. The molecule has 2 amide bonds. The van der Waals surface area contributed by atoms with Crippen molar-refractivity contribution in [3.63, 3.8) is 0 Å². The highest BCUT2D eigenvalue weighted by Gasteiger charge is 2.42. The third-order valence-electron chi connectivity index (χ3n) is 6.70. The van der Waals surface area contributed by atoms with Gasteiger partial charge in [-0.1, -0.05) is 26.8 Å². The van der Waals surface area contributed by atoms with Crippen molar-refractivity contribution in [2.24, 2.45) is 5.41 Å². The number of benzene rings is 1. The van der Waals surface area contributed by atoms with Crippen molar-refractivity contribution in [1.82, 2.24) is 15.5 Å². The van der Waals surface area contributed by atoms with Crippen molar-refractivity contribution in [3.05, 3.63) is 35.1 Å². The molecule has 3 rings (SSSR count). The van der Waals surface area contributed by atoms with E-state index in [1.165, 1.54) is 19.4 Å². The van der Waals surface area contributed by atoms with Crippen LogP contribution in [-0.2, 0) is 15.0 Å². The fourth-order valence-electron chi connectivity index (χ4n) is 4.82. The summed E-state index contributed by atoms with van der Waals surface area (Å²) in [4.78, 5) is 25.9. The van der Waals surface area contributed by atoms with E-state index in [4.69, 9.17) is 0 Å². The molecule has 1 aromatic carbocycles. The van der Waals surface area contributed by atoms with Crippen molar-refractivity contribution in [2.45, 2.75) is 71.3 Å². The summed E-state index contributed by atoms with van der Waals surface area (Å²) in [6, 6.07) is 4.88. The van der Waals surface area contributed by atoms with Crippen LogP contribution in [0.3, 0.4) is 0 Å². The fraction of sp³-hybridized carbons (Fsp3) is 0.667. The third-order valence-corrected chi connectivity index (χ3v) is 6.70. The maximum absolute atomic E-state index is 14.2. The lowest BCUT2D eigenvalue weighted by Crippen LogP contribution is -2.47. The maximum atomic E-state index is 14.2. The second-order valence-electron chi connectivity index (χ2n) is 10.2. The average molecular weight is 422 g/mol. The molecule has 1 atom stereocenters. The minimum absolute atomic E-state index is 0. The molecule has 1 aliphatic heterocycles. The van der Waals surface area contributed by atoms with E-state index in [2.05, 4.69) is 36.3 Å². The second-order valence-corrected chi connectivity index (χ2v) is 10.2. The minimum atomic E-state index is -0.228. The van der Waals surface area contributed by atoms with Crippen LogP contribution in [0.15, 0.2) is 18.2 Å². The summed E-state index contributed by atoms with van der Waals surface area (Å²) in [6.45, 7) is 11.4. The predicted octanol–water partition coefficient (Wildman–Crippen LogP) is 4.17. The Labute approximate surface area is 182 Å². The van der Waals surface area contributed by atoms with Gasteiger partial charge in [0.05, 0.1) is 12.6 Å². The lowest BCUT2D eigenvalue weighted by atomic mass is 9.63. The molecular formula is C24H40FN3O2. The summed E-state index contributed by atoms with van der Waals surface area (Å²) in [7, 11) is 0. The van der Waals surface area contributed by atoms with Crippen LogP contribution >= 0.6 is 0 Å². The van der Waals surface area contributed by atoms with Gasteiger partial charge in [0.1, 0.15) is 5.82 Å². The van der Waals surface area contributed by atoms with Gasteiger partial charge in [-0.15, -0.1) is 0 Å². The number of rotatable bonds is 5. The number of carbonyl (C=O) groups excluding carboxylic acids is 2. The predicted molar refractivity (Wildman–Crippen MR) is 121 cm³/mol. The molecule has 1 spiro atoms. The molecule has 30 heavy (non-hydrogen) atoms. The van der Waals surface area contributed by atoms with Gasteiger partial charge in [0.2, 0.25) is 11.8 Å². The molecule has 1 heterocycles. The molecule has 170 valence electrons. The van der Waals surface area contributed by atoms with Gasteiger partial charge in [-0.2, -0.15) is 0 Å². The standard InChI is InChI=1S/C24H36FN3O2.2H2/c1-17(29)26-16-22(30)27-21-7-8-24(20-15-18(25)5-6-19(20)21)10-13-28(14-11-24)12-9-23(2,3)4;;/h5-6,15,21H,7-14,16H2,1-4H3,(H,26,29)(H,27,30);2*1H/t21-;;/m0../s1. The lowest BCUT2D eigenvalue weighted by Gasteiger charge is -2.47. The maximum Gasteiger partial charge on any atom is 0.239 e. The first-order valence-electron chi connectivity index (χ1n) is 11.1. The molecular weight excluding hydrogens is 381 g/mol. The van der Waals surface area contributed by atoms with Gasteiger partial charge in [-0.05, 0) is 85.8 Å². The Bertz CT molecular complexity index is 790. The highest BCUT2D eigenvalue weighted by atomic mass is 19.1. The highest BCUT2D eigenvalue weighted by molar-refractivity contribution is 5.83. The van der Waals surface area contributed by atoms with Crippen LogP contribution in [0.25, 0.3) is 0 Å². The summed E-state index contributed by atoms with van der Waals surface area (Å²) in [5.74, 6) is -0.652. The van der Waals surface area contributed by atoms with Crippen molar-refractivity contribution in [1.29, 1.82) is 0 Å². The Hall–Kier alpha value is -1.95. The summed E-state index contributed by atoms with van der Waals surface area (Å²) >= 11 is 0. The fourth-order valence-corrected chi connectivity index (χ4v) is 4.82. The van der Waals surface area contributed by atoms with Crippen LogP contribution in [-0.4, -0.2) is 42.9 Å². The number of amides is 2. The first-order valence-corrected chi connectivity index (χ1v) is 11.1. The Balaban J connectivity index is 0.00000256. The Morgan fingerprint density at radius 1 is 1.23 bits per heavy atom. The Kier molecular flexibility index (Phi) is 6.85. The van der Waals surface area contributed by atoms with E-state index in [-0.39, 0.29) is 38.5 Å². The van der Waals surface area contributed by atoms with E-state index in [1.54, 1.807) is 6.07 Å². The molecule has 1 saturated heterocycles. The number of nitrogens with one attached hydrogen (secondary N) is 2. The Morgan fingerprint density at radius 2 is 1.93 bits per heavy atom. The zero-order chi connectivity index (χ0) is 21.9. The van der Waals surface area contributed by atoms with Crippen LogP contribution in [0, 0.1) is 11.2 Å². The van der Waals surface area contributed by atoms with E-state index in [1.807, 2.05) is 6.07 Å². The van der Waals surface area contributed by atoms with Gasteiger partial charge < -0.3 is 15.5 Å². The summed E-state index contributed by atoms with van der Waals surface area (Å²) in [6.07, 6.45) is 5.02. The highest BCUT2D eigenvalue weighted by Crippen LogP contribution is 2.48. The molecule has 2 N–H and O–H groups in total. The van der Waals surface area contributed by atoms with E-state index in [0.717, 1.165) is 56.4 Å². The molecule has 0 unspecified atom stereocenters. The normalized spacial score (nSPS) is 21.2. The average Bonchev–Trinajstić information content (AvgIpc) is 2.68. The molecule has 0 saturated carbocycles. The van der Waals surface area contributed by atoms with E-state index in [0.29, 0.717) is 5.41 Å². The number of likely N-dealkylation sites (tertiary alicyclic amines) is 1.